The summed E-state index contributed by atoms with van der Waals surface area (Å²) in [6.45, 7) is 2.58. The Bertz CT molecular complexity index is 141. The number of aliphatic carboxylic acids is 1. The first-order valence-electron chi connectivity index (χ1n) is 4.22. The fraction of sp³-hybridized carbons (Fsp3) is 0.667. The molecule has 0 fully saturated rings. The third-order valence-corrected chi connectivity index (χ3v) is 1.39. The molecule has 0 saturated carbocycles. The zero-order chi connectivity index (χ0) is 9.23. The van der Waals surface area contributed by atoms with Crippen LogP contribution in [-0.2, 0) is 9.53 Å². The summed E-state index contributed by atoms with van der Waals surface area (Å²) in [7, 11) is 0. The van der Waals surface area contributed by atoms with Gasteiger partial charge in [0.2, 0.25) is 0 Å². The van der Waals surface area contributed by atoms with Gasteiger partial charge in [0.25, 0.3) is 0 Å². The minimum atomic E-state index is -0.718. The molecule has 0 unspecified atom stereocenters. The molecule has 0 radical (unpaired) electrons. The number of carbonyl (C=O) groups is 1. The Hall–Kier alpha value is -0.990. The predicted octanol–water partition coefficient (Wildman–Crippen LogP) is 2.18. The van der Waals surface area contributed by atoms with Gasteiger partial charge in [-0.3, -0.25) is 4.79 Å². The van der Waals surface area contributed by atoms with E-state index < -0.39 is 5.97 Å². The van der Waals surface area contributed by atoms with Crippen LogP contribution < -0.4 is 0 Å². The molecule has 0 aromatic heterocycles. The molecule has 0 aromatic rings. The molecular weight excluding hydrogens is 156 g/mol. The molecule has 0 atom stereocenters. The fourth-order valence-corrected chi connectivity index (χ4v) is 0.803. The van der Waals surface area contributed by atoms with Crippen molar-refractivity contribution < 1.29 is 14.6 Å². The normalized spacial score (nSPS) is 10.4. The summed E-state index contributed by atoms with van der Waals surface area (Å²) in [6, 6.07) is 0. The van der Waals surface area contributed by atoms with Crippen LogP contribution in [0.5, 0.6) is 0 Å². The first kappa shape index (κ1) is 11.0. The third-order valence-electron chi connectivity index (χ3n) is 1.39. The van der Waals surface area contributed by atoms with Crippen molar-refractivity contribution in [3.63, 3.8) is 0 Å². The van der Waals surface area contributed by atoms with Gasteiger partial charge in [-0.05, 0) is 26.2 Å². The first-order valence-corrected chi connectivity index (χ1v) is 4.22. The van der Waals surface area contributed by atoms with Gasteiger partial charge in [-0.1, -0.05) is 6.08 Å². The van der Waals surface area contributed by atoms with Crippen molar-refractivity contribution in [1.82, 2.24) is 0 Å². The molecule has 0 aliphatic heterocycles. The SMILES string of the molecule is CC=COCCCCCC(=O)O. The van der Waals surface area contributed by atoms with Crippen molar-refractivity contribution in [2.45, 2.75) is 32.6 Å². The Morgan fingerprint density at radius 1 is 1.42 bits per heavy atom. The van der Waals surface area contributed by atoms with E-state index in [9.17, 15) is 4.79 Å². The second-order valence-electron chi connectivity index (χ2n) is 2.54. The maximum absolute atomic E-state index is 10.1. The zero-order valence-corrected chi connectivity index (χ0v) is 7.45. The van der Waals surface area contributed by atoms with Crippen LogP contribution in [-0.4, -0.2) is 17.7 Å². The van der Waals surface area contributed by atoms with Crippen molar-refractivity contribution in [2.24, 2.45) is 0 Å². The van der Waals surface area contributed by atoms with Crippen molar-refractivity contribution in [2.75, 3.05) is 6.61 Å². The van der Waals surface area contributed by atoms with Gasteiger partial charge in [-0.15, -0.1) is 0 Å². The van der Waals surface area contributed by atoms with E-state index in [-0.39, 0.29) is 6.42 Å². The van der Waals surface area contributed by atoms with E-state index in [1.807, 2.05) is 13.0 Å². The Morgan fingerprint density at radius 3 is 2.75 bits per heavy atom. The molecule has 3 nitrogen and oxygen atoms in total. The lowest BCUT2D eigenvalue weighted by Gasteiger charge is -1.99. The van der Waals surface area contributed by atoms with Gasteiger partial charge < -0.3 is 9.84 Å². The highest BCUT2D eigenvalue weighted by Gasteiger charge is 1.95. The van der Waals surface area contributed by atoms with Crippen LogP contribution in [0.2, 0.25) is 0 Å². The molecule has 0 aliphatic carbocycles. The summed E-state index contributed by atoms with van der Waals surface area (Å²) in [4.78, 5) is 10.1. The maximum Gasteiger partial charge on any atom is 0.303 e. The van der Waals surface area contributed by atoms with Gasteiger partial charge in [-0.25, -0.2) is 0 Å². The number of carboxylic acids is 1. The molecular formula is C9H16O3. The highest BCUT2D eigenvalue weighted by atomic mass is 16.5. The summed E-state index contributed by atoms with van der Waals surface area (Å²) in [5, 5.41) is 8.31. The Morgan fingerprint density at radius 2 is 2.17 bits per heavy atom. The number of hydrogen-bond donors (Lipinski definition) is 1. The van der Waals surface area contributed by atoms with Crippen LogP contribution in [0.3, 0.4) is 0 Å². The smallest absolute Gasteiger partial charge is 0.303 e. The number of rotatable bonds is 7. The molecule has 0 amide bonds. The first-order chi connectivity index (χ1) is 5.77. The van der Waals surface area contributed by atoms with Crippen molar-refractivity contribution in [1.29, 1.82) is 0 Å². The van der Waals surface area contributed by atoms with E-state index in [1.54, 1.807) is 6.26 Å². The van der Waals surface area contributed by atoms with E-state index >= 15 is 0 Å². The Balaban J connectivity index is 2.96. The highest BCUT2D eigenvalue weighted by Crippen LogP contribution is 1.99. The van der Waals surface area contributed by atoms with Gasteiger partial charge in [0, 0.05) is 6.42 Å². The molecule has 12 heavy (non-hydrogen) atoms. The molecule has 70 valence electrons. The quantitative estimate of drug-likeness (QED) is 0.473. The van der Waals surface area contributed by atoms with Crippen LogP contribution in [0.25, 0.3) is 0 Å². The molecule has 0 rings (SSSR count). The number of hydrogen-bond acceptors (Lipinski definition) is 2. The minimum Gasteiger partial charge on any atom is -0.502 e. The van der Waals surface area contributed by atoms with Gasteiger partial charge in [0.05, 0.1) is 12.9 Å². The summed E-state index contributed by atoms with van der Waals surface area (Å²) >= 11 is 0. The lowest BCUT2D eigenvalue weighted by Crippen LogP contribution is -1.94. The topological polar surface area (TPSA) is 46.5 Å². The average Bonchev–Trinajstić information content (AvgIpc) is 2.02. The number of ether oxygens (including phenoxy) is 1. The van der Waals surface area contributed by atoms with Crippen molar-refractivity contribution >= 4 is 5.97 Å². The van der Waals surface area contributed by atoms with Crippen molar-refractivity contribution in [3.05, 3.63) is 12.3 Å². The van der Waals surface area contributed by atoms with Crippen LogP contribution >= 0.6 is 0 Å². The van der Waals surface area contributed by atoms with E-state index in [0.29, 0.717) is 6.61 Å². The van der Waals surface area contributed by atoms with E-state index in [4.69, 9.17) is 9.84 Å². The van der Waals surface area contributed by atoms with E-state index in [0.717, 1.165) is 19.3 Å². The molecule has 0 aromatic carbocycles. The maximum atomic E-state index is 10.1. The minimum absolute atomic E-state index is 0.267. The number of allylic oxidation sites excluding steroid dienone is 1. The molecule has 0 bridgehead atoms. The van der Waals surface area contributed by atoms with Gasteiger partial charge >= 0.3 is 5.97 Å². The largest absolute Gasteiger partial charge is 0.502 e. The van der Waals surface area contributed by atoms with Crippen LogP contribution in [0, 0.1) is 0 Å². The Kier molecular flexibility index (Phi) is 7.44. The highest BCUT2D eigenvalue weighted by molar-refractivity contribution is 5.66. The van der Waals surface area contributed by atoms with Gasteiger partial charge in [-0.2, -0.15) is 0 Å². The van der Waals surface area contributed by atoms with E-state index in [2.05, 4.69) is 0 Å². The lowest BCUT2D eigenvalue weighted by atomic mass is 10.2. The molecule has 1 N–H and O–H groups in total. The summed E-state index contributed by atoms with van der Waals surface area (Å²) in [5.74, 6) is -0.718. The fourth-order valence-electron chi connectivity index (χ4n) is 0.803. The van der Waals surface area contributed by atoms with E-state index in [1.165, 1.54) is 0 Å². The molecule has 0 heterocycles. The van der Waals surface area contributed by atoms with Crippen LogP contribution in [0.15, 0.2) is 12.3 Å². The standard InChI is InChI=1S/C9H16O3/c1-2-7-12-8-5-3-4-6-9(10)11/h2,7H,3-6,8H2,1H3,(H,10,11). The molecule has 0 spiro atoms. The van der Waals surface area contributed by atoms with Crippen LogP contribution in [0.1, 0.15) is 32.6 Å². The molecule has 0 aliphatic rings. The zero-order valence-electron chi connectivity index (χ0n) is 7.45. The monoisotopic (exact) mass is 172 g/mol. The predicted molar refractivity (Wildman–Crippen MR) is 46.9 cm³/mol. The van der Waals surface area contributed by atoms with Gasteiger partial charge in [0.1, 0.15) is 0 Å². The lowest BCUT2D eigenvalue weighted by molar-refractivity contribution is -0.137. The average molecular weight is 172 g/mol. The molecule has 3 heteroatoms. The summed E-state index contributed by atoms with van der Waals surface area (Å²) < 4.78 is 5.06. The second kappa shape index (κ2) is 8.11. The second-order valence-corrected chi connectivity index (χ2v) is 2.54. The summed E-state index contributed by atoms with van der Waals surface area (Å²) in [6.07, 6.45) is 6.34. The Labute approximate surface area is 73.0 Å². The van der Waals surface area contributed by atoms with Crippen molar-refractivity contribution in [3.8, 4) is 0 Å². The molecule has 0 saturated heterocycles. The van der Waals surface area contributed by atoms with Crippen LogP contribution in [0.4, 0.5) is 0 Å². The summed E-state index contributed by atoms with van der Waals surface area (Å²) in [5.41, 5.74) is 0. The van der Waals surface area contributed by atoms with Gasteiger partial charge in [0.15, 0.2) is 0 Å². The number of unbranched alkanes of at least 4 members (excludes halogenated alkanes) is 2. The third kappa shape index (κ3) is 9.01. The number of carboxylic acid groups (broad SMARTS) is 1.